The summed E-state index contributed by atoms with van der Waals surface area (Å²) in [6.07, 6.45) is 1.24. The molecule has 0 aliphatic heterocycles. The SMILES string of the molecule is COC(=O)Cc1csc(NCC(C)(C)NS(C)(=O)=O)n1. The second-order valence-corrected chi connectivity index (χ2v) is 7.62. The summed E-state index contributed by atoms with van der Waals surface area (Å²) in [5.74, 6) is -0.346. The smallest absolute Gasteiger partial charge is 0.311 e. The summed E-state index contributed by atoms with van der Waals surface area (Å²) in [5, 5.41) is 5.44. The number of anilines is 1. The normalized spacial score (nSPS) is 12.2. The zero-order valence-electron chi connectivity index (χ0n) is 11.9. The van der Waals surface area contributed by atoms with Gasteiger partial charge in [0.1, 0.15) is 0 Å². The Kier molecular flexibility index (Phi) is 5.49. The minimum atomic E-state index is -3.27. The fourth-order valence-corrected chi connectivity index (χ4v) is 3.31. The summed E-state index contributed by atoms with van der Waals surface area (Å²) in [5.41, 5.74) is -0.0138. The Labute approximate surface area is 122 Å². The van der Waals surface area contributed by atoms with E-state index in [2.05, 4.69) is 19.8 Å². The molecular formula is C11H19N3O4S2. The molecule has 0 fully saturated rings. The summed E-state index contributed by atoms with van der Waals surface area (Å²) in [7, 11) is -1.94. The molecule has 0 radical (unpaired) electrons. The first-order valence-electron chi connectivity index (χ1n) is 5.85. The average molecular weight is 321 g/mol. The van der Waals surface area contributed by atoms with Crippen molar-refractivity contribution in [2.75, 3.05) is 25.2 Å². The van der Waals surface area contributed by atoms with Crippen LogP contribution in [0.1, 0.15) is 19.5 Å². The maximum absolute atomic E-state index is 11.2. The Balaban J connectivity index is 2.56. The molecule has 9 heteroatoms. The fraction of sp³-hybridized carbons (Fsp3) is 0.636. The first-order valence-corrected chi connectivity index (χ1v) is 8.62. The van der Waals surface area contributed by atoms with Crippen LogP contribution in [0, 0.1) is 0 Å². The molecule has 0 aliphatic rings. The highest BCUT2D eigenvalue weighted by Gasteiger charge is 2.22. The van der Waals surface area contributed by atoms with Gasteiger partial charge < -0.3 is 10.1 Å². The molecule has 1 aromatic rings. The number of thiazole rings is 1. The molecule has 1 aromatic heterocycles. The van der Waals surface area contributed by atoms with Crippen molar-refractivity contribution in [2.45, 2.75) is 25.8 Å². The van der Waals surface area contributed by atoms with Crippen molar-refractivity contribution in [3.05, 3.63) is 11.1 Å². The van der Waals surface area contributed by atoms with Crippen molar-refractivity contribution < 1.29 is 17.9 Å². The molecule has 1 heterocycles. The number of hydrogen-bond donors (Lipinski definition) is 2. The van der Waals surface area contributed by atoms with Crippen LogP contribution in [0.4, 0.5) is 5.13 Å². The summed E-state index contributed by atoms with van der Waals surface area (Å²) in [6.45, 7) is 3.92. The van der Waals surface area contributed by atoms with Gasteiger partial charge in [-0.3, -0.25) is 4.79 Å². The van der Waals surface area contributed by atoms with Crippen LogP contribution in [0.2, 0.25) is 0 Å². The lowest BCUT2D eigenvalue weighted by atomic mass is 10.1. The number of nitrogens with zero attached hydrogens (tertiary/aromatic N) is 1. The molecule has 114 valence electrons. The van der Waals surface area contributed by atoms with E-state index in [-0.39, 0.29) is 12.4 Å². The van der Waals surface area contributed by atoms with Gasteiger partial charge in [-0.2, -0.15) is 0 Å². The van der Waals surface area contributed by atoms with Gasteiger partial charge >= 0.3 is 5.97 Å². The lowest BCUT2D eigenvalue weighted by Gasteiger charge is -2.25. The van der Waals surface area contributed by atoms with E-state index < -0.39 is 15.6 Å². The molecule has 0 spiro atoms. The Morgan fingerprint density at radius 3 is 2.70 bits per heavy atom. The van der Waals surface area contributed by atoms with Crippen molar-refractivity contribution in [3.8, 4) is 0 Å². The first kappa shape index (κ1) is 16.9. The quantitative estimate of drug-likeness (QED) is 0.714. The van der Waals surface area contributed by atoms with Crippen LogP contribution >= 0.6 is 11.3 Å². The standard InChI is InChI=1S/C11H19N3O4S2/c1-11(2,14-20(4,16)17)7-12-10-13-8(6-19-10)5-9(15)18-3/h6,14H,5,7H2,1-4H3,(H,12,13). The maximum atomic E-state index is 11.2. The van der Waals surface area contributed by atoms with Crippen LogP contribution in [0.3, 0.4) is 0 Å². The number of nitrogens with one attached hydrogen (secondary N) is 2. The zero-order chi connectivity index (χ0) is 15.4. The van der Waals surface area contributed by atoms with Crippen LogP contribution in [0.5, 0.6) is 0 Å². The van der Waals surface area contributed by atoms with Gasteiger partial charge in [-0.05, 0) is 13.8 Å². The number of carbonyl (C=O) groups is 1. The Bertz CT molecular complexity index is 566. The molecule has 0 atom stereocenters. The number of ether oxygens (including phenoxy) is 1. The fourth-order valence-electron chi connectivity index (χ4n) is 1.52. The second-order valence-electron chi connectivity index (χ2n) is 5.01. The highest BCUT2D eigenvalue weighted by molar-refractivity contribution is 7.88. The third-order valence-corrected chi connectivity index (χ3v) is 4.02. The van der Waals surface area contributed by atoms with Gasteiger partial charge in [0.15, 0.2) is 5.13 Å². The number of rotatable bonds is 7. The topological polar surface area (TPSA) is 97.4 Å². The van der Waals surface area contributed by atoms with Gasteiger partial charge in [0.25, 0.3) is 0 Å². The van der Waals surface area contributed by atoms with E-state index in [4.69, 9.17) is 0 Å². The number of sulfonamides is 1. The van der Waals surface area contributed by atoms with Crippen molar-refractivity contribution in [3.63, 3.8) is 0 Å². The van der Waals surface area contributed by atoms with E-state index >= 15 is 0 Å². The van der Waals surface area contributed by atoms with E-state index in [0.29, 0.717) is 17.4 Å². The predicted molar refractivity (Wildman–Crippen MR) is 78.4 cm³/mol. The van der Waals surface area contributed by atoms with Gasteiger partial charge in [0.05, 0.1) is 25.5 Å². The minimum absolute atomic E-state index is 0.125. The number of methoxy groups -OCH3 is 1. The minimum Gasteiger partial charge on any atom is -0.469 e. The molecule has 0 bridgehead atoms. The van der Waals surface area contributed by atoms with Gasteiger partial charge in [-0.25, -0.2) is 18.1 Å². The molecule has 0 unspecified atom stereocenters. The lowest BCUT2D eigenvalue weighted by molar-refractivity contribution is -0.139. The molecule has 7 nitrogen and oxygen atoms in total. The number of esters is 1. The van der Waals surface area contributed by atoms with Crippen molar-refractivity contribution in [1.82, 2.24) is 9.71 Å². The van der Waals surface area contributed by atoms with E-state index in [9.17, 15) is 13.2 Å². The molecule has 1 rings (SSSR count). The first-order chi connectivity index (χ1) is 9.11. The highest BCUT2D eigenvalue weighted by atomic mass is 32.2. The van der Waals surface area contributed by atoms with E-state index in [1.54, 1.807) is 19.2 Å². The lowest BCUT2D eigenvalue weighted by Crippen LogP contribution is -2.47. The molecule has 2 N–H and O–H groups in total. The zero-order valence-corrected chi connectivity index (χ0v) is 13.5. The largest absolute Gasteiger partial charge is 0.469 e. The van der Waals surface area contributed by atoms with Crippen molar-refractivity contribution in [2.24, 2.45) is 0 Å². The van der Waals surface area contributed by atoms with Crippen molar-refractivity contribution in [1.29, 1.82) is 0 Å². The third kappa shape index (κ3) is 6.31. The predicted octanol–water partition coefficient (Wildman–Crippen LogP) is 0.598. The van der Waals surface area contributed by atoms with Crippen LogP contribution in [0.15, 0.2) is 5.38 Å². The van der Waals surface area contributed by atoms with Crippen LogP contribution in [-0.2, 0) is 26.0 Å². The van der Waals surface area contributed by atoms with Crippen LogP contribution in [0.25, 0.3) is 0 Å². The van der Waals surface area contributed by atoms with Crippen LogP contribution in [-0.4, -0.2) is 44.8 Å². The third-order valence-electron chi connectivity index (χ3n) is 2.25. The molecule has 0 aromatic carbocycles. The summed E-state index contributed by atoms with van der Waals surface area (Å²) >= 11 is 1.35. The van der Waals surface area contributed by atoms with E-state index in [1.165, 1.54) is 18.4 Å². The van der Waals surface area contributed by atoms with Gasteiger partial charge in [-0.1, -0.05) is 0 Å². The Morgan fingerprint density at radius 1 is 1.50 bits per heavy atom. The van der Waals surface area contributed by atoms with Gasteiger partial charge in [-0.15, -0.1) is 11.3 Å². The Morgan fingerprint density at radius 2 is 2.15 bits per heavy atom. The van der Waals surface area contributed by atoms with E-state index in [1.807, 2.05) is 0 Å². The Hall–Kier alpha value is -1.19. The summed E-state index contributed by atoms with van der Waals surface area (Å²) in [6, 6.07) is 0. The number of carbonyl (C=O) groups excluding carboxylic acids is 1. The summed E-state index contributed by atoms with van der Waals surface area (Å²) in [4.78, 5) is 15.3. The van der Waals surface area contributed by atoms with Gasteiger partial charge in [0.2, 0.25) is 10.0 Å². The van der Waals surface area contributed by atoms with Crippen LogP contribution < -0.4 is 10.0 Å². The molecule has 20 heavy (non-hydrogen) atoms. The highest BCUT2D eigenvalue weighted by Crippen LogP contribution is 2.17. The molecule has 0 saturated heterocycles. The van der Waals surface area contributed by atoms with Crippen molar-refractivity contribution >= 4 is 32.5 Å². The molecule has 0 saturated carbocycles. The molecule has 0 amide bonds. The molecule has 0 aliphatic carbocycles. The monoisotopic (exact) mass is 321 g/mol. The van der Waals surface area contributed by atoms with E-state index in [0.717, 1.165) is 6.26 Å². The number of hydrogen-bond acceptors (Lipinski definition) is 7. The average Bonchev–Trinajstić information content (AvgIpc) is 2.71. The summed E-state index contributed by atoms with van der Waals surface area (Å²) < 4.78 is 29.5. The second kappa shape index (κ2) is 6.51. The molecular weight excluding hydrogens is 302 g/mol. The maximum Gasteiger partial charge on any atom is 0.311 e. The number of aromatic nitrogens is 1. The van der Waals surface area contributed by atoms with Gasteiger partial charge in [0, 0.05) is 17.5 Å².